The van der Waals surface area contributed by atoms with Crippen LogP contribution in [-0.2, 0) is 11.2 Å². The Morgan fingerprint density at radius 2 is 1.93 bits per heavy atom. The van der Waals surface area contributed by atoms with E-state index < -0.39 is 0 Å². The van der Waals surface area contributed by atoms with Crippen LogP contribution >= 0.6 is 0 Å². The molecule has 7 heteroatoms. The molecule has 0 unspecified atom stereocenters. The van der Waals surface area contributed by atoms with Crippen molar-refractivity contribution in [1.29, 1.82) is 0 Å². The van der Waals surface area contributed by atoms with E-state index in [0.717, 1.165) is 28.3 Å². The second-order valence-electron chi connectivity index (χ2n) is 6.70. The summed E-state index contributed by atoms with van der Waals surface area (Å²) in [5, 5.41) is 7.16. The Balaban J connectivity index is 1.31. The SMILES string of the molecule is C[C@H](NC(=O)CCc1ccc2c(c1)OCCO2)c1ccc(-n2cncn2)cc1. The number of nitrogens with one attached hydrogen (secondary N) is 1. The maximum atomic E-state index is 12.4. The molecule has 1 N–H and O–H groups in total. The van der Waals surface area contributed by atoms with Crippen molar-refractivity contribution in [2.75, 3.05) is 13.2 Å². The van der Waals surface area contributed by atoms with Crippen molar-refractivity contribution in [2.24, 2.45) is 0 Å². The lowest BCUT2D eigenvalue weighted by Gasteiger charge is -2.19. The lowest BCUT2D eigenvalue weighted by Crippen LogP contribution is -2.26. The molecule has 1 aromatic heterocycles. The molecule has 0 bridgehead atoms. The number of hydrogen-bond acceptors (Lipinski definition) is 5. The van der Waals surface area contributed by atoms with Crippen molar-refractivity contribution >= 4 is 5.91 Å². The molecule has 0 fully saturated rings. The number of aromatic nitrogens is 3. The van der Waals surface area contributed by atoms with Crippen LogP contribution in [0.15, 0.2) is 55.1 Å². The first kappa shape index (κ1) is 18.0. The largest absolute Gasteiger partial charge is 0.486 e. The van der Waals surface area contributed by atoms with Gasteiger partial charge in [-0.1, -0.05) is 18.2 Å². The van der Waals surface area contributed by atoms with Crippen molar-refractivity contribution in [2.45, 2.75) is 25.8 Å². The Morgan fingerprint density at radius 3 is 2.68 bits per heavy atom. The zero-order valence-corrected chi connectivity index (χ0v) is 15.7. The second-order valence-corrected chi connectivity index (χ2v) is 6.70. The number of rotatable bonds is 6. The monoisotopic (exact) mass is 378 g/mol. The molecule has 1 aliphatic heterocycles. The highest BCUT2D eigenvalue weighted by Crippen LogP contribution is 2.31. The van der Waals surface area contributed by atoms with Crippen LogP contribution in [0, 0.1) is 0 Å². The predicted molar refractivity (Wildman–Crippen MR) is 104 cm³/mol. The van der Waals surface area contributed by atoms with Crippen LogP contribution in [0.1, 0.15) is 30.5 Å². The Hall–Kier alpha value is -3.35. The van der Waals surface area contributed by atoms with E-state index in [1.54, 1.807) is 11.0 Å². The molecular weight excluding hydrogens is 356 g/mol. The first-order valence-corrected chi connectivity index (χ1v) is 9.32. The molecule has 0 saturated heterocycles. The van der Waals surface area contributed by atoms with Gasteiger partial charge in [0, 0.05) is 6.42 Å². The van der Waals surface area contributed by atoms with Crippen molar-refractivity contribution in [1.82, 2.24) is 20.1 Å². The van der Waals surface area contributed by atoms with Crippen molar-refractivity contribution < 1.29 is 14.3 Å². The van der Waals surface area contributed by atoms with E-state index in [1.807, 2.05) is 49.4 Å². The van der Waals surface area contributed by atoms with Crippen LogP contribution in [0.5, 0.6) is 11.5 Å². The lowest BCUT2D eigenvalue weighted by atomic mass is 10.1. The third-order valence-corrected chi connectivity index (χ3v) is 4.70. The number of amides is 1. The molecule has 1 aliphatic rings. The number of carbonyl (C=O) groups is 1. The molecule has 0 radical (unpaired) electrons. The molecule has 0 spiro atoms. The number of aryl methyl sites for hydroxylation is 1. The van der Waals surface area contributed by atoms with Gasteiger partial charge in [-0.15, -0.1) is 0 Å². The number of carbonyl (C=O) groups excluding carboxylic acids is 1. The Labute approximate surface area is 163 Å². The van der Waals surface area contributed by atoms with E-state index in [-0.39, 0.29) is 11.9 Å². The van der Waals surface area contributed by atoms with Gasteiger partial charge in [-0.05, 0) is 48.7 Å². The minimum absolute atomic E-state index is 0.0164. The Bertz CT molecular complexity index is 939. The van der Waals surface area contributed by atoms with Gasteiger partial charge in [-0.3, -0.25) is 4.79 Å². The molecule has 2 heterocycles. The summed E-state index contributed by atoms with van der Waals surface area (Å²) in [6, 6.07) is 13.7. The Morgan fingerprint density at radius 1 is 1.14 bits per heavy atom. The molecule has 4 rings (SSSR count). The molecular formula is C21H22N4O3. The van der Waals surface area contributed by atoms with Crippen molar-refractivity contribution in [3.63, 3.8) is 0 Å². The fourth-order valence-corrected chi connectivity index (χ4v) is 3.16. The van der Waals surface area contributed by atoms with Gasteiger partial charge in [0.25, 0.3) is 0 Å². The average Bonchev–Trinajstić information content (AvgIpc) is 3.27. The predicted octanol–water partition coefficient (Wildman–Crippen LogP) is 2.85. The molecule has 0 saturated carbocycles. The number of nitrogens with zero attached hydrogens (tertiary/aromatic N) is 3. The third kappa shape index (κ3) is 4.14. The summed E-state index contributed by atoms with van der Waals surface area (Å²) in [5.41, 5.74) is 3.03. The summed E-state index contributed by atoms with van der Waals surface area (Å²) in [7, 11) is 0. The summed E-state index contributed by atoms with van der Waals surface area (Å²) >= 11 is 0. The maximum Gasteiger partial charge on any atom is 0.220 e. The van der Waals surface area contributed by atoms with Crippen LogP contribution in [0.4, 0.5) is 0 Å². The smallest absolute Gasteiger partial charge is 0.220 e. The minimum Gasteiger partial charge on any atom is -0.486 e. The summed E-state index contributed by atoms with van der Waals surface area (Å²) in [6.45, 7) is 3.11. The fraction of sp³-hybridized carbons (Fsp3) is 0.286. The van der Waals surface area contributed by atoms with Gasteiger partial charge in [0.1, 0.15) is 25.9 Å². The van der Waals surface area contributed by atoms with Gasteiger partial charge in [0.05, 0.1) is 11.7 Å². The molecule has 1 amide bonds. The summed E-state index contributed by atoms with van der Waals surface area (Å²) in [5.74, 6) is 1.54. The van der Waals surface area contributed by atoms with Gasteiger partial charge >= 0.3 is 0 Å². The van der Waals surface area contributed by atoms with Gasteiger partial charge < -0.3 is 14.8 Å². The topological polar surface area (TPSA) is 78.3 Å². The fourth-order valence-electron chi connectivity index (χ4n) is 3.16. The second kappa shape index (κ2) is 8.12. The third-order valence-electron chi connectivity index (χ3n) is 4.70. The molecule has 3 aromatic rings. The van der Waals surface area contributed by atoms with E-state index in [1.165, 1.54) is 6.33 Å². The molecule has 1 atom stereocenters. The zero-order valence-electron chi connectivity index (χ0n) is 15.7. The molecule has 0 aliphatic carbocycles. The van der Waals surface area contributed by atoms with Crippen molar-refractivity contribution in [3.05, 3.63) is 66.2 Å². The standard InChI is InChI=1S/C21H22N4O3/c1-15(17-4-6-18(7-5-17)25-14-22-13-23-25)24-21(26)9-3-16-2-8-19-20(12-16)28-11-10-27-19/h2,4-8,12-15H,3,9-11H2,1H3,(H,24,26)/t15-/m0/s1. The molecule has 7 nitrogen and oxygen atoms in total. The lowest BCUT2D eigenvalue weighted by molar-refractivity contribution is -0.121. The number of benzene rings is 2. The van der Waals surface area contributed by atoms with Crippen LogP contribution in [0.2, 0.25) is 0 Å². The van der Waals surface area contributed by atoms with Crippen LogP contribution in [-0.4, -0.2) is 33.9 Å². The summed E-state index contributed by atoms with van der Waals surface area (Å²) in [6.07, 6.45) is 4.22. The number of hydrogen-bond donors (Lipinski definition) is 1. The first-order valence-electron chi connectivity index (χ1n) is 9.32. The average molecular weight is 378 g/mol. The highest BCUT2D eigenvalue weighted by Gasteiger charge is 2.13. The minimum atomic E-state index is -0.0717. The highest BCUT2D eigenvalue weighted by atomic mass is 16.6. The maximum absolute atomic E-state index is 12.4. The highest BCUT2D eigenvalue weighted by molar-refractivity contribution is 5.76. The zero-order chi connectivity index (χ0) is 19.3. The van der Waals surface area contributed by atoms with E-state index >= 15 is 0 Å². The van der Waals surface area contributed by atoms with Gasteiger partial charge in [0.2, 0.25) is 5.91 Å². The summed E-state index contributed by atoms with van der Waals surface area (Å²) < 4.78 is 12.8. The van der Waals surface area contributed by atoms with E-state index in [9.17, 15) is 4.79 Å². The van der Waals surface area contributed by atoms with E-state index in [2.05, 4.69) is 15.4 Å². The van der Waals surface area contributed by atoms with Crippen LogP contribution in [0.3, 0.4) is 0 Å². The molecule has 2 aromatic carbocycles. The van der Waals surface area contributed by atoms with E-state index in [4.69, 9.17) is 9.47 Å². The number of ether oxygens (including phenoxy) is 2. The quantitative estimate of drug-likeness (QED) is 0.714. The van der Waals surface area contributed by atoms with E-state index in [0.29, 0.717) is 26.1 Å². The first-order chi connectivity index (χ1) is 13.7. The van der Waals surface area contributed by atoms with Crippen LogP contribution < -0.4 is 14.8 Å². The molecule has 28 heavy (non-hydrogen) atoms. The van der Waals surface area contributed by atoms with Crippen LogP contribution in [0.25, 0.3) is 5.69 Å². The van der Waals surface area contributed by atoms with Gasteiger partial charge in [0.15, 0.2) is 11.5 Å². The van der Waals surface area contributed by atoms with Crippen molar-refractivity contribution in [3.8, 4) is 17.2 Å². The molecule has 144 valence electrons. The van der Waals surface area contributed by atoms with Gasteiger partial charge in [-0.25, -0.2) is 9.67 Å². The Kier molecular flexibility index (Phi) is 5.23. The van der Waals surface area contributed by atoms with Gasteiger partial charge in [-0.2, -0.15) is 5.10 Å². The summed E-state index contributed by atoms with van der Waals surface area (Å²) in [4.78, 5) is 16.3. The number of fused-ring (bicyclic) bond motifs is 1. The normalized spacial score (nSPS) is 13.8.